The van der Waals surface area contributed by atoms with Gasteiger partial charge in [-0.2, -0.15) is 5.10 Å². The second-order valence-corrected chi connectivity index (χ2v) is 7.19. The van der Waals surface area contributed by atoms with Crippen molar-refractivity contribution in [3.05, 3.63) is 63.4 Å². The van der Waals surface area contributed by atoms with E-state index in [-0.39, 0.29) is 41.5 Å². The van der Waals surface area contributed by atoms with Gasteiger partial charge in [0, 0.05) is 18.7 Å². The fourth-order valence-corrected chi connectivity index (χ4v) is 2.99. The Morgan fingerprint density at radius 2 is 1.97 bits per heavy atom. The Hall–Kier alpha value is -3.00. The van der Waals surface area contributed by atoms with E-state index < -0.39 is 0 Å². The van der Waals surface area contributed by atoms with Gasteiger partial charge in [-0.3, -0.25) is 9.59 Å². The molecule has 0 spiro atoms. The van der Waals surface area contributed by atoms with Gasteiger partial charge in [0.2, 0.25) is 11.8 Å². The number of carbonyl (C=O) groups excluding carboxylic acids is 1. The van der Waals surface area contributed by atoms with Crippen LogP contribution in [0.25, 0.3) is 11.5 Å². The number of aromatic nitrogens is 4. The lowest BCUT2D eigenvalue weighted by atomic mass is 10.2. The average Bonchev–Trinajstić information content (AvgIpc) is 3.16. The molecule has 0 radical (unpaired) electrons. The smallest absolute Gasteiger partial charge is 0.274 e. The zero-order valence-electron chi connectivity index (χ0n) is 16.5. The molecule has 2 heterocycles. The summed E-state index contributed by atoms with van der Waals surface area (Å²) < 4.78 is 7.02. The Kier molecular flexibility index (Phi) is 6.43. The molecular formula is C20H22ClN5O3. The standard InChI is InChI=1S/C20H22ClN5O3/c1-4-11-26-18(27)10-9-16(24-26)20(28)25(13(2)3)12-17-22-23-19(29-17)14-7-5-6-8-15(14)21/h5-10,13H,4,11-12H2,1-3H3. The van der Waals surface area contributed by atoms with E-state index in [4.69, 9.17) is 16.0 Å². The third-order valence-corrected chi connectivity index (χ3v) is 4.61. The molecule has 0 N–H and O–H groups in total. The molecule has 152 valence electrons. The van der Waals surface area contributed by atoms with Gasteiger partial charge in [-0.25, -0.2) is 4.68 Å². The van der Waals surface area contributed by atoms with Crippen LogP contribution in [0.5, 0.6) is 0 Å². The Bertz CT molecular complexity index is 1060. The first kappa shape index (κ1) is 20.7. The molecule has 29 heavy (non-hydrogen) atoms. The molecule has 1 amide bonds. The van der Waals surface area contributed by atoms with Gasteiger partial charge in [0.05, 0.1) is 17.1 Å². The molecule has 3 aromatic rings. The van der Waals surface area contributed by atoms with Gasteiger partial charge in [-0.05, 0) is 38.5 Å². The van der Waals surface area contributed by atoms with Crippen LogP contribution in [0.2, 0.25) is 5.02 Å². The SMILES string of the molecule is CCCn1nc(C(=O)N(Cc2nnc(-c3ccccc3Cl)o2)C(C)C)ccc1=O. The maximum absolute atomic E-state index is 13.0. The van der Waals surface area contributed by atoms with E-state index in [1.807, 2.05) is 32.9 Å². The highest BCUT2D eigenvalue weighted by Gasteiger charge is 2.24. The van der Waals surface area contributed by atoms with Gasteiger partial charge in [0.1, 0.15) is 5.69 Å². The summed E-state index contributed by atoms with van der Waals surface area (Å²) in [6, 6.07) is 9.81. The Morgan fingerprint density at radius 1 is 1.21 bits per heavy atom. The van der Waals surface area contributed by atoms with Crippen molar-refractivity contribution in [2.24, 2.45) is 0 Å². The van der Waals surface area contributed by atoms with Crippen LogP contribution in [-0.2, 0) is 13.1 Å². The predicted octanol–water partition coefficient (Wildman–Crippen LogP) is 3.41. The van der Waals surface area contributed by atoms with Gasteiger partial charge in [0.15, 0.2) is 0 Å². The lowest BCUT2D eigenvalue weighted by molar-refractivity contribution is 0.0663. The van der Waals surface area contributed by atoms with Crippen LogP contribution in [0.3, 0.4) is 0 Å². The number of carbonyl (C=O) groups is 1. The molecule has 2 aromatic heterocycles. The molecule has 9 heteroatoms. The molecule has 3 rings (SSSR count). The molecule has 0 saturated carbocycles. The zero-order chi connectivity index (χ0) is 21.0. The summed E-state index contributed by atoms with van der Waals surface area (Å²) in [5, 5.41) is 12.8. The fraction of sp³-hybridized carbons (Fsp3) is 0.350. The van der Waals surface area contributed by atoms with Gasteiger partial charge >= 0.3 is 0 Å². The van der Waals surface area contributed by atoms with Gasteiger partial charge < -0.3 is 9.32 Å². The highest BCUT2D eigenvalue weighted by atomic mass is 35.5. The summed E-state index contributed by atoms with van der Waals surface area (Å²) in [5.41, 5.74) is 0.585. The van der Waals surface area contributed by atoms with E-state index in [9.17, 15) is 9.59 Å². The average molecular weight is 416 g/mol. The van der Waals surface area contributed by atoms with Gasteiger partial charge in [0.25, 0.3) is 11.5 Å². The lowest BCUT2D eigenvalue weighted by Gasteiger charge is -2.24. The minimum Gasteiger partial charge on any atom is -0.419 e. The maximum Gasteiger partial charge on any atom is 0.274 e. The number of halogens is 1. The molecule has 0 saturated heterocycles. The Balaban J connectivity index is 1.84. The van der Waals surface area contributed by atoms with Crippen LogP contribution in [-0.4, -0.2) is 36.8 Å². The Labute approximate surface area is 173 Å². The summed E-state index contributed by atoms with van der Waals surface area (Å²) in [6.45, 7) is 6.26. The van der Waals surface area contributed by atoms with E-state index >= 15 is 0 Å². The third-order valence-electron chi connectivity index (χ3n) is 4.28. The van der Waals surface area contributed by atoms with Crippen molar-refractivity contribution >= 4 is 17.5 Å². The van der Waals surface area contributed by atoms with Crippen LogP contribution < -0.4 is 5.56 Å². The van der Waals surface area contributed by atoms with Crippen molar-refractivity contribution in [2.45, 2.75) is 46.3 Å². The second kappa shape index (κ2) is 9.00. The van der Waals surface area contributed by atoms with Crippen LogP contribution in [0.4, 0.5) is 0 Å². The number of aryl methyl sites for hydroxylation is 1. The summed E-state index contributed by atoms with van der Waals surface area (Å²) in [5.74, 6) is 0.252. The van der Waals surface area contributed by atoms with Crippen LogP contribution in [0.15, 0.2) is 45.6 Å². The minimum atomic E-state index is -0.317. The number of benzene rings is 1. The first-order chi connectivity index (χ1) is 13.9. The summed E-state index contributed by atoms with van der Waals surface area (Å²) in [6.07, 6.45) is 0.741. The fourth-order valence-electron chi connectivity index (χ4n) is 2.78. The van der Waals surface area contributed by atoms with E-state index in [2.05, 4.69) is 15.3 Å². The van der Waals surface area contributed by atoms with Crippen molar-refractivity contribution in [2.75, 3.05) is 0 Å². The largest absolute Gasteiger partial charge is 0.419 e. The number of amides is 1. The van der Waals surface area contributed by atoms with Crippen molar-refractivity contribution in [3.8, 4) is 11.5 Å². The van der Waals surface area contributed by atoms with Crippen molar-refractivity contribution < 1.29 is 9.21 Å². The normalized spacial score (nSPS) is 11.1. The highest BCUT2D eigenvalue weighted by Crippen LogP contribution is 2.26. The molecule has 0 fully saturated rings. The number of hydrogen-bond donors (Lipinski definition) is 0. The van der Waals surface area contributed by atoms with Crippen molar-refractivity contribution in [3.63, 3.8) is 0 Å². The Morgan fingerprint density at radius 3 is 2.66 bits per heavy atom. The molecule has 0 atom stereocenters. The highest BCUT2D eigenvalue weighted by molar-refractivity contribution is 6.33. The molecule has 0 aliphatic heterocycles. The molecule has 0 bridgehead atoms. The van der Waals surface area contributed by atoms with Gasteiger partial charge in [-0.1, -0.05) is 30.7 Å². The molecular weight excluding hydrogens is 394 g/mol. The predicted molar refractivity (Wildman–Crippen MR) is 109 cm³/mol. The minimum absolute atomic E-state index is 0.114. The second-order valence-electron chi connectivity index (χ2n) is 6.79. The molecule has 0 unspecified atom stereocenters. The van der Waals surface area contributed by atoms with E-state index in [1.54, 1.807) is 17.0 Å². The zero-order valence-corrected chi connectivity index (χ0v) is 17.3. The van der Waals surface area contributed by atoms with E-state index in [1.165, 1.54) is 16.8 Å². The first-order valence-corrected chi connectivity index (χ1v) is 9.75. The van der Waals surface area contributed by atoms with Crippen molar-refractivity contribution in [1.82, 2.24) is 24.9 Å². The first-order valence-electron chi connectivity index (χ1n) is 9.37. The number of hydrogen-bond acceptors (Lipinski definition) is 6. The molecule has 0 aliphatic rings. The summed E-state index contributed by atoms with van der Waals surface area (Å²) in [4.78, 5) is 26.5. The van der Waals surface area contributed by atoms with Crippen LogP contribution in [0, 0.1) is 0 Å². The molecule has 1 aromatic carbocycles. The van der Waals surface area contributed by atoms with Crippen LogP contribution in [0.1, 0.15) is 43.6 Å². The van der Waals surface area contributed by atoms with E-state index in [0.29, 0.717) is 17.1 Å². The van der Waals surface area contributed by atoms with Gasteiger partial charge in [-0.15, -0.1) is 10.2 Å². The molecule has 8 nitrogen and oxygen atoms in total. The van der Waals surface area contributed by atoms with E-state index in [0.717, 1.165) is 6.42 Å². The monoisotopic (exact) mass is 415 g/mol. The van der Waals surface area contributed by atoms with Crippen molar-refractivity contribution in [1.29, 1.82) is 0 Å². The molecule has 0 aliphatic carbocycles. The summed E-state index contributed by atoms with van der Waals surface area (Å²) in [7, 11) is 0. The topological polar surface area (TPSA) is 94.1 Å². The van der Waals surface area contributed by atoms with Crippen LogP contribution >= 0.6 is 11.6 Å². The maximum atomic E-state index is 13.0. The lowest BCUT2D eigenvalue weighted by Crippen LogP contribution is -2.38. The summed E-state index contributed by atoms with van der Waals surface area (Å²) >= 11 is 6.18. The quantitative estimate of drug-likeness (QED) is 0.587. The number of nitrogens with zero attached hydrogens (tertiary/aromatic N) is 5. The number of rotatable bonds is 7. The third kappa shape index (κ3) is 4.71.